The van der Waals surface area contributed by atoms with Gasteiger partial charge < -0.3 is 9.80 Å². The van der Waals surface area contributed by atoms with Crippen LogP contribution in [0.15, 0.2) is 36.5 Å². The van der Waals surface area contributed by atoms with Crippen molar-refractivity contribution >= 4 is 11.8 Å². The van der Waals surface area contributed by atoms with Crippen molar-refractivity contribution in [1.82, 2.24) is 19.6 Å². The van der Waals surface area contributed by atoms with Gasteiger partial charge in [0, 0.05) is 39.3 Å². The minimum atomic E-state index is -0.113. The summed E-state index contributed by atoms with van der Waals surface area (Å²) in [5, 5.41) is 4.37. The Kier molecular flexibility index (Phi) is 4.88. The number of aromatic nitrogens is 2. The Bertz CT molecular complexity index is 769. The molecule has 0 aliphatic carbocycles. The molecule has 6 heteroatoms. The van der Waals surface area contributed by atoms with Gasteiger partial charge in [0.15, 0.2) is 0 Å². The van der Waals surface area contributed by atoms with Gasteiger partial charge in [-0.3, -0.25) is 14.3 Å². The zero-order valence-electron chi connectivity index (χ0n) is 15.0. The van der Waals surface area contributed by atoms with Crippen LogP contribution in [0.1, 0.15) is 41.5 Å². The summed E-state index contributed by atoms with van der Waals surface area (Å²) in [6, 6.07) is 9.78. The standard InChI is InChI=1S/C19H24N4O2/c1-4-22-12-17(14(2)20-22)19(25)21-10-11-23(15(3)24)18(13-21)16-8-6-5-7-9-16/h5-9,12,18H,4,10-11,13H2,1-3H3/t18-/m1/s1. The van der Waals surface area contributed by atoms with Crippen molar-refractivity contribution in [3.8, 4) is 0 Å². The van der Waals surface area contributed by atoms with E-state index in [1.165, 1.54) is 0 Å². The average molecular weight is 340 g/mol. The van der Waals surface area contributed by atoms with Gasteiger partial charge in [-0.1, -0.05) is 30.3 Å². The van der Waals surface area contributed by atoms with Crippen LogP contribution in [0.4, 0.5) is 0 Å². The van der Waals surface area contributed by atoms with E-state index in [9.17, 15) is 9.59 Å². The smallest absolute Gasteiger partial charge is 0.257 e. The number of amides is 2. The van der Waals surface area contributed by atoms with Crippen molar-refractivity contribution < 1.29 is 9.59 Å². The highest BCUT2D eigenvalue weighted by molar-refractivity contribution is 5.95. The molecule has 25 heavy (non-hydrogen) atoms. The van der Waals surface area contributed by atoms with Crippen molar-refractivity contribution in [1.29, 1.82) is 0 Å². The van der Waals surface area contributed by atoms with E-state index in [1.54, 1.807) is 11.6 Å². The molecule has 0 unspecified atom stereocenters. The number of carbonyl (C=O) groups is 2. The van der Waals surface area contributed by atoms with Gasteiger partial charge in [0.05, 0.1) is 17.3 Å². The molecule has 0 N–H and O–H groups in total. The summed E-state index contributed by atoms with van der Waals surface area (Å²) in [4.78, 5) is 28.7. The maximum atomic E-state index is 13.0. The second-order valence-corrected chi connectivity index (χ2v) is 6.37. The van der Waals surface area contributed by atoms with Crippen molar-refractivity contribution in [3.63, 3.8) is 0 Å². The van der Waals surface area contributed by atoms with Gasteiger partial charge in [-0.25, -0.2) is 0 Å². The fourth-order valence-corrected chi connectivity index (χ4v) is 3.36. The Morgan fingerprint density at radius 3 is 2.52 bits per heavy atom. The van der Waals surface area contributed by atoms with Gasteiger partial charge in [0.2, 0.25) is 5.91 Å². The topological polar surface area (TPSA) is 58.4 Å². The number of aryl methyl sites for hydroxylation is 2. The van der Waals surface area contributed by atoms with Gasteiger partial charge in [0.1, 0.15) is 0 Å². The van der Waals surface area contributed by atoms with Gasteiger partial charge in [0.25, 0.3) is 5.91 Å². The molecule has 2 heterocycles. The number of hydrogen-bond acceptors (Lipinski definition) is 3. The Balaban J connectivity index is 1.85. The van der Waals surface area contributed by atoms with Crippen LogP contribution < -0.4 is 0 Å². The average Bonchev–Trinajstić information content (AvgIpc) is 3.02. The summed E-state index contributed by atoms with van der Waals surface area (Å²) in [6.07, 6.45) is 1.81. The van der Waals surface area contributed by atoms with E-state index in [4.69, 9.17) is 0 Å². The number of rotatable bonds is 3. The number of carbonyl (C=O) groups excluding carboxylic acids is 2. The van der Waals surface area contributed by atoms with E-state index in [2.05, 4.69) is 5.10 Å². The lowest BCUT2D eigenvalue weighted by Crippen LogP contribution is -2.51. The molecular weight excluding hydrogens is 316 g/mol. The molecule has 6 nitrogen and oxygen atoms in total. The molecule has 2 amide bonds. The molecule has 1 aliphatic rings. The first kappa shape index (κ1) is 17.2. The third-order valence-electron chi connectivity index (χ3n) is 4.76. The summed E-state index contributed by atoms with van der Waals surface area (Å²) in [5.74, 6) is 0.0252. The van der Waals surface area contributed by atoms with Gasteiger partial charge in [-0.05, 0) is 19.4 Å². The maximum absolute atomic E-state index is 13.0. The fraction of sp³-hybridized carbons (Fsp3) is 0.421. The van der Waals surface area contributed by atoms with Crippen molar-refractivity contribution in [2.75, 3.05) is 19.6 Å². The summed E-state index contributed by atoms with van der Waals surface area (Å²) in [5.41, 5.74) is 2.44. The van der Waals surface area contributed by atoms with E-state index >= 15 is 0 Å². The molecule has 1 aliphatic heterocycles. The lowest BCUT2D eigenvalue weighted by atomic mass is 10.0. The lowest BCUT2D eigenvalue weighted by molar-refractivity contribution is -0.133. The van der Waals surface area contributed by atoms with Crippen LogP contribution in [0, 0.1) is 6.92 Å². The van der Waals surface area contributed by atoms with Gasteiger partial charge >= 0.3 is 0 Å². The van der Waals surface area contributed by atoms with Crippen molar-refractivity contribution in [2.45, 2.75) is 33.4 Å². The normalized spacial score (nSPS) is 17.6. The fourth-order valence-electron chi connectivity index (χ4n) is 3.36. The van der Waals surface area contributed by atoms with Crippen molar-refractivity contribution in [2.24, 2.45) is 0 Å². The molecular formula is C19H24N4O2. The molecule has 132 valence electrons. The predicted octanol–water partition coefficient (Wildman–Crippen LogP) is 2.26. The van der Waals surface area contributed by atoms with Gasteiger partial charge in [-0.15, -0.1) is 0 Å². The molecule has 0 bridgehead atoms. The number of nitrogens with zero attached hydrogens (tertiary/aromatic N) is 4. The van der Waals surface area contributed by atoms with Crippen LogP contribution >= 0.6 is 0 Å². The second kappa shape index (κ2) is 7.09. The molecule has 1 aromatic carbocycles. The van der Waals surface area contributed by atoms with E-state index in [0.29, 0.717) is 25.2 Å². The van der Waals surface area contributed by atoms with Crippen LogP contribution in [0.3, 0.4) is 0 Å². The van der Waals surface area contributed by atoms with Crippen LogP contribution in [0.25, 0.3) is 0 Å². The Hall–Kier alpha value is -2.63. The summed E-state index contributed by atoms with van der Waals surface area (Å²) >= 11 is 0. The molecule has 2 aromatic rings. The highest BCUT2D eigenvalue weighted by atomic mass is 16.2. The minimum Gasteiger partial charge on any atom is -0.334 e. The van der Waals surface area contributed by atoms with Crippen LogP contribution in [-0.2, 0) is 11.3 Å². The van der Waals surface area contributed by atoms with E-state index < -0.39 is 0 Å². The Morgan fingerprint density at radius 2 is 1.92 bits per heavy atom. The zero-order chi connectivity index (χ0) is 18.0. The molecule has 0 radical (unpaired) electrons. The molecule has 0 saturated carbocycles. The second-order valence-electron chi connectivity index (χ2n) is 6.37. The lowest BCUT2D eigenvalue weighted by Gasteiger charge is -2.41. The minimum absolute atomic E-state index is 0.0127. The molecule has 1 saturated heterocycles. The van der Waals surface area contributed by atoms with Crippen LogP contribution in [0.2, 0.25) is 0 Å². The molecule has 3 rings (SSSR count). The third kappa shape index (κ3) is 3.43. The zero-order valence-corrected chi connectivity index (χ0v) is 15.0. The summed E-state index contributed by atoms with van der Waals surface area (Å²) in [7, 11) is 0. The van der Waals surface area contributed by atoms with E-state index in [-0.39, 0.29) is 17.9 Å². The maximum Gasteiger partial charge on any atom is 0.257 e. The van der Waals surface area contributed by atoms with E-state index in [0.717, 1.165) is 17.8 Å². The quantitative estimate of drug-likeness (QED) is 0.861. The predicted molar refractivity (Wildman–Crippen MR) is 95.1 cm³/mol. The highest BCUT2D eigenvalue weighted by Crippen LogP contribution is 2.26. The number of piperazine rings is 1. The summed E-state index contributed by atoms with van der Waals surface area (Å²) in [6.45, 7) is 7.76. The number of hydrogen-bond donors (Lipinski definition) is 0. The first-order chi connectivity index (χ1) is 12.0. The third-order valence-corrected chi connectivity index (χ3v) is 4.76. The SMILES string of the molecule is CCn1cc(C(=O)N2CCN(C(C)=O)[C@@H](c3ccccc3)C2)c(C)n1. The van der Waals surface area contributed by atoms with Crippen molar-refractivity contribution in [3.05, 3.63) is 53.3 Å². The largest absolute Gasteiger partial charge is 0.334 e. The Labute approximate surface area is 148 Å². The highest BCUT2D eigenvalue weighted by Gasteiger charge is 2.33. The molecule has 1 atom stereocenters. The summed E-state index contributed by atoms with van der Waals surface area (Å²) < 4.78 is 1.78. The van der Waals surface area contributed by atoms with E-state index in [1.807, 2.05) is 60.2 Å². The molecule has 1 fully saturated rings. The van der Waals surface area contributed by atoms with Gasteiger partial charge in [-0.2, -0.15) is 5.10 Å². The van der Waals surface area contributed by atoms with Crippen LogP contribution in [-0.4, -0.2) is 51.0 Å². The monoisotopic (exact) mass is 340 g/mol. The van der Waals surface area contributed by atoms with Crippen LogP contribution in [0.5, 0.6) is 0 Å². The first-order valence-corrected chi connectivity index (χ1v) is 8.66. The Morgan fingerprint density at radius 1 is 1.20 bits per heavy atom. The molecule has 1 aromatic heterocycles. The number of benzene rings is 1. The first-order valence-electron chi connectivity index (χ1n) is 8.66. The molecule has 0 spiro atoms.